The van der Waals surface area contributed by atoms with Crippen LogP contribution in [0.3, 0.4) is 0 Å². The van der Waals surface area contributed by atoms with Crippen LogP contribution in [-0.2, 0) is 19.1 Å². The highest BCUT2D eigenvalue weighted by molar-refractivity contribution is 5.90. The third kappa shape index (κ3) is 6.99. The largest absolute Gasteiger partial charge is 0.458 e. The molecule has 134 valence electrons. The number of ether oxygens (including phenoxy) is 1. The first-order valence-electron chi connectivity index (χ1n) is 7.83. The van der Waals surface area contributed by atoms with Gasteiger partial charge in [0.2, 0.25) is 5.91 Å². The van der Waals surface area contributed by atoms with E-state index in [9.17, 15) is 19.6 Å². The molecular formula is C16H30N2O5. The van der Waals surface area contributed by atoms with Crippen molar-refractivity contribution in [2.24, 2.45) is 11.8 Å². The van der Waals surface area contributed by atoms with E-state index in [2.05, 4.69) is 5.32 Å². The molecule has 23 heavy (non-hydrogen) atoms. The van der Waals surface area contributed by atoms with Crippen molar-refractivity contribution in [1.29, 1.82) is 0 Å². The molecule has 0 radical (unpaired) electrons. The molecule has 7 nitrogen and oxygen atoms in total. The van der Waals surface area contributed by atoms with Gasteiger partial charge in [0.1, 0.15) is 11.6 Å². The topological polar surface area (TPSA) is 95.9 Å². The number of hydrogen-bond acceptors (Lipinski definition) is 5. The third-order valence-corrected chi connectivity index (χ3v) is 3.02. The standard InChI is InChI=1S/C16H30N2O5/c1-9(2)12(15(21)23-16(6,7)8)18(22)14(20)11(5)17-13(19)10(3)4/h9-12,22H,1-8H3,(H,17,19)/t11-,12-/m0/s1. The van der Waals surface area contributed by atoms with E-state index in [4.69, 9.17) is 4.74 Å². The molecular weight excluding hydrogens is 300 g/mol. The normalized spacial score (nSPS) is 14.4. The average Bonchev–Trinajstić information content (AvgIpc) is 2.34. The molecule has 0 fully saturated rings. The van der Waals surface area contributed by atoms with Crippen LogP contribution in [0.2, 0.25) is 0 Å². The molecule has 2 N–H and O–H groups in total. The molecule has 0 aliphatic rings. The van der Waals surface area contributed by atoms with Crippen LogP contribution >= 0.6 is 0 Å². The maximum absolute atomic E-state index is 12.3. The van der Waals surface area contributed by atoms with Crippen molar-refractivity contribution in [3.05, 3.63) is 0 Å². The summed E-state index contributed by atoms with van der Waals surface area (Å²) >= 11 is 0. The Balaban J connectivity index is 5.10. The number of rotatable bonds is 6. The Kier molecular flexibility index (Phi) is 7.70. The molecule has 7 heteroatoms. The molecule has 0 aliphatic heterocycles. The van der Waals surface area contributed by atoms with E-state index >= 15 is 0 Å². The highest BCUT2D eigenvalue weighted by Crippen LogP contribution is 2.17. The highest BCUT2D eigenvalue weighted by Gasteiger charge is 2.37. The molecule has 0 saturated heterocycles. The Morgan fingerprint density at radius 3 is 1.87 bits per heavy atom. The van der Waals surface area contributed by atoms with Crippen LogP contribution in [0.15, 0.2) is 0 Å². The molecule has 0 spiro atoms. The Hall–Kier alpha value is -1.63. The van der Waals surface area contributed by atoms with Crippen LogP contribution in [0.25, 0.3) is 0 Å². The van der Waals surface area contributed by atoms with Gasteiger partial charge in [-0.25, -0.2) is 9.86 Å². The summed E-state index contributed by atoms with van der Waals surface area (Å²) in [5, 5.41) is 13.0. The second kappa shape index (κ2) is 8.29. The number of nitrogens with zero attached hydrogens (tertiary/aromatic N) is 1. The quantitative estimate of drug-likeness (QED) is 0.439. The number of hydroxylamine groups is 2. The Labute approximate surface area is 138 Å². The van der Waals surface area contributed by atoms with Crippen molar-refractivity contribution in [1.82, 2.24) is 10.4 Å². The van der Waals surface area contributed by atoms with Crippen LogP contribution in [0.4, 0.5) is 0 Å². The summed E-state index contributed by atoms with van der Waals surface area (Å²) in [5.74, 6) is -2.40. The van der Waals surface area contributed by atoms with Crippen LogP contribution in [0.1, 0.15) is 55.4 Å². The Morgan fingerprint density at radius 1 is 1.04 bits per heavy atom. The van der Waals surface area contributed by atoms with Crippen molar-refractivity contribution in [2.75, 3.05) is 0 Å². The van der Waals surface area contributed by atoms with Crippen LogP contribution < -0.4 is 5.32 Å². The number of carbonyl (C=O) groups excluding carboxylic acids is 3. The van der Waals surface area contributed by atoms with Gasteiger partial charge in [0.25, 0.3) is 5.91 Å². The monoisotopic (exact) mass is 330 g/mol. The minimum atomic E-state index is -1.14. The van der Waals surface area contributed by atoms with E-state index in [1.807, 2.05) is 0 Å². The zero-order chi connectivity index (χ0) is 18.5. The summed E-state index contributed by atoms with van der Waals surface area (Å²) in [6, 6.07) is -2.08. The molecule has 0 unspecified atom stereocenters. The van der Waals surface area contributed by atoms with Gasteiger partial charge in [0, 0.05) is 5.92 Å². The van der Waals surface area contributed by atoms with Gasteiger partial charge in [-0.1, -0.05) is 27.7 Å². The summed E-state index contributed by atoms with van der Waals surface area (Å²) in [6.45, 7) is 13.4. The lowest BCUT2D eigenvalue weighted by Crippen LogP contribution is -2.54. The SMILES string of the molecule is CC(C)C(=O)N[C@@H](C)C(=O)N(O)[C@H](C(=O)OC(C)(C)C)C(C)C. The summed E-state index contributed by atoms with van der Waals surface area (Å²) in [5.41, 5.74) is -0.731. The van der Waals surface area contributed by atoms with E-state index in [0.717, 1.165) is 0 Å². The first kappa shape index (κ1) is 21.4. The lowest BCUT2D eigenvalue weighted by molar-refractivity contribution is -0.199. The molecule has 0 aromatic heterocycles. The summed E-state index contributed by atoms with van der Waals surface area (Å²) in [7, 11) is 0. The van der Waals surface area contributed by atoms with Crippen molar-refractivity contribution in [3.63, 3.8) is 0 Å². The molecule has 0 bridgehead atoms. The van der Waals surface area contributed by atoms with E-state index in [1.165, 1.54) is 6.92 Å². The van der Waals surface area contributed by atoms with Crippen LogP contribution in [0.5, 0.6) is 0 Å². The van der Waals surface area contributed by atoms with Gasteiger partial charge >= 0.3 is 5.97 Å². The maximum Gasteiger partial charge on any atom is 0.332 e. The van der Waals surface area contributed by atoms with E-state index in [-0.39, 0.29) is 17.7 Å². The van der Waals surface area contributed by atoms with Gasteiger partial charge in [-0.05, 0) is 33.6 Å². The first-order valence-corrected chi connectivity index (χ1v) is 7.83. The predicted octanol–water partition coefficient (Wildman–Crippen LogP) is 1.73. The second-order valence-corrected chi connectivity index (χ2v) is 7.29. The molecule has 0 aliphatic carbocycles. The van der Waals surface area contributed by atoms with Crippen LogP contribution in [0, 0.1) is 11.8 Å². The van der Waals surface area contributed by atoms with E-state index in [0.29, 0.717) is 5.06 Å². The number of hydrogen-bond donors (Lipinski definition) is 2. The average molecular weight is 330 g/mol. The van der Waals surface area contributed by atoms with Crippen molar-refractivity contribution >= 4 is 17.8 Å². The molecule has 0 aromatic rings. The van der Waals surface area contributed by atoms with Crippen molar-refractivity contribution in [3.8, 4) is 0 Å². The Bertz CT molecular complexity index is 440. The maximum atomic E-state index is 12.3. The van der Waals surface area contributed by atoms with Gasteiger partial charge in [-0.3, -0.25) is 14.8 Å². The summed E-state index contributed by atoms with van der Waals surface area (Å²) in [4.78, 5) is 36.2. The third-order valence-electron chi connectivity index (χ3n) is 3.02. The van der Waals surface area contributed by atoms with E-state index in [1.54, 1.807) is 48.5 Å². The molecule has 2 atom stereocenters. The molecule has 2 amide bonds. The molecule has 0 saturated carbocycles. The van der Waals surface area contributed by atoms with Gasteiger partial charge in [-0.15, -0.1) is 0 Å². The van der Waals surface area contributed by atoms with E-state index < -0.39 is 29.6 Å². The fourth-order valence-corrected chi connectivity index (χ4v) is 1.79. The number of carbonyl (C=O) groups is 3. The zero-order valence-electron chi connectivity index (χ0n) is 15.3. The van der Waals surface area contributed by atoms with Gasteiger partial charge in [0.05, 0.1) is 0 Å². The predicted molar refractivity (Wildman–Crippen MR) is 85.5 cm³/mol. The molecule has 0 heterocycles. The van der Waals surface area contributed by atoms with Gasteiger partial charge in [-0.2, -0.15) is 0 Å². The molecule has 0 aromatic carbocycles. The van der Waals surface area contributed by atoms with Crippen molar-refractivity contribution in [2.45, 2.75) is 73.1 Å². The fourth-order valence-electron chi connectivity index (χ4n) is 1.79. The minimum absolute atomic E-state index is 0.288. The number of nitrogens with one attached hydrogen (secondary N) is 1. The van der Waals surface area contributed by atoms with Gasteiger partial charge in [0.15, 0.2) is 6.04 Å². The van der Waals surface area contributed by atoms with Gasteiger partial charge < -0.3 is 10.1 Å². The van der Waals surface area contributed by atoms with Crippen LogP contribution in [-0.4, -0.2) is 45.7 Å². The highest BCUT2D eigenvalue weighted by atomic mass is 16.6. The second-order valence-electron chi connectivity index (χ2n) is 7.29. The first-order chi connectivity index (χ1) is 10.3. The molecule has 0 rings (SSSR count). The van der Waals surface area contributed by atoms with Crippen molar-refractivity contribution < 1.29 is 24.3 Å². The lowest BCUT2D eigenvalue weighted by Gasteiger charge is -2.31. The number of amides is 2. The summed E-state index contributed by atoms with van der Waals surface area (Å²) in [6.07, 6.45) is 0. The summed E-state index contributed by atoms with van der Waals surface area (Å²) < 4.78 is 5.25. The smallest absolute Gasteiger partial charge is 0.332 e. The minimum Gasteiger partial charge on any atom is -0.458 e. The zero-order valence-corrected chi connectivity index (χ0v) is 15.3. The number of esters is 1. The lowest BCUT2D eigenvalue weighted by atomic mass is 10.0. The fraction of sp³-hybridized carbons (Fsp3) is 0.812. The Morgan fingerprint density at radius 2 is 1.52 bits per heavy atom.